The molecule has 0 spiro atoms. The van der Waals surface area contributed by atoms with Crippen LogP contribution in [0.5, 0.6) is 0 Å². The van der Waals surface area contributed by atoms with Gasteiger partial charge in [0, 0.05) is 19.2 Å². The summed E-state index contributed by atoms with van der Waals surface area (Å²) >= 11 is 3.44. The Balaban J connectivity index is 2.07. The highest BCUT2D eigenvalue weighted by Crippen LogP contribution is 2.31. The molecular weight excluding hydrogens is 288 g/mol. The van der Waals surface area contributed by atoms with Crippen molar-refractivity contribution in [3.63, 3.8) is 0 Å². The number of hydrogen-bond acceptors (Lipinski definition) is 4. The van der Waals surface area contributed by atoms with Crippen LogP contribution in [0.4, 0.5) is 10.7 Å². The van der Waals surface area contributed by atoms with Gasteiger partial charge in [-0.25, -0.2) is 10.2 Å². The summed E-state index contributed by atoms with van der Waals surface area (Å²) in [6.45, 7) is 2.00. The molecule has 6 nitrogen and oxygen atoms in total. The van der Waals surface area contributed by atoms with Crippen molar-refractivity contribution in [2.75, 3.05) is 18.0 Å². The number of rotatable bonds is 3. The van der Waals surface area contributed by atoms with Crippen molar-refractivity contribution in [3.8, 4) is 0 Å². The zero-order valence-electron chi connectivity index (χ0n) is 9.15. The molecule has 17 heavy (non-hydrogen) atoms. The van der Waals surface area contributed by atoms with Crippen LogP contribution in [0.2, 0.25) is 0 Å². The van der Waals surface area contributed by atoms with Gasteiger partial charge in [-0.3, -0.25) is 0 Å². The van der Waals surface area contributed by atoms with Crippen molar-refractivity contribution in [2.45, 2.75) is 12.8 Å². The normalized spacial score (nSPS) is 15.7. The fourth-order valence-corrected chi connectivity index (χ4v) is 2.29. The van der Waals surface area contributed by atoms with Crippen LogP contribution in [0.25, 0.3) is 0 Å². The molecular formula is C10H13BrN4O2. The van der Waals surface area contributed by atoms with Gasteiger partial charge < -0.3 is 15.1 Å². The van der Waals surface area contributed by atoms with Crippen LogP contribution in [0.15, 0.2) is 20.1 Å². The van der Waals surface area contributed by atoms with E-state index in [-0.39, 0.29) is 0 Å². The lowest BCUT2D eigenvalue weighted by atomic mass is 10.4. The number of hydrogen-bond donors (Lipinski definition) is 2. The molecule has 1 fully saturated rings. The number of nitrogens with two attached hydrogens (primary N) is 1. The van der Waals surface area contributed by atoms with Crippen LogP contribution < -0.4 is 16.1 Å². The van der Waals surface area contributed by atoms with Crippen molar-refractivity contribution in [2.24, 2.45) is 10.8 Å². The zero-order valence-corrected chi connectivity index (χ0v) is 10.7. The Morgan fingerprint density at radius 1 is 1.59 bits per heavy atom. The number of nitrogens with zero attached hydrogens (tertiary/aromatic N) is 2. The molecule has 0 unspecified atom stereocenters. The highest BCUT2D eigenvalue weighted by molar-refractivity contribution is 9.10. The van der Waals surface area contributed by atoms with Crippen LogP contribution in [-0.4, -0.2) is 25.3 Å². The summed E-state index contributed by atoms with van der Waals surface area (Å²) in [6, 6.07) is 1.10. The SMILES string of the molecule is NC(=O)NN=Cc1cc(Br)c(N2CCCC2)o1. The van der Waals surface area contributed by atoms with Gasteiger partial charge in [-0.2, -0.15) is 5.10 Å². The number of primary amides is 1. The number of halogens is 1. The smallest absolute Gasteiger partial charge is 0.332 e. The number of carbonyl (C=O) groups excluding carboxylic acids is 1. The molecule has 0 radical (unpaired) electrons. The first kappa shape index (κ1) is 12.0. The van der Waals surface area contributed by atoms with Crippen molar-refractivity contribution in [3.05, 3.63) is 16.3 Å². The van der Waals surface area contributed by atoms with Gasteiger partial charge in [0.1, 0.15) is 0 Å². The number of anilines is 1. The van der Waals surface area contributed by atoms with Gasteiger partial charge in [0.2, 0.25) is 5.88 Å². The Hall–Kier alpha value is -1.50. The molecule has 92 valence electrons. The minimum absolute atomic E-state index is 0.563. The number of hydrazone groups is 1. The number of furan rings is 1. The summed E-state index contributed by atoms with van der Waals surface area (Å²) in [4.78, 5) is 12.6. The molecule has 0 atom stereocenters. The Bertz CT molecular complexity index is 438. The lowest BCUT2D eigenvalue weighted by Crippen LogP contribution is -2.24. The van der Waals surface area contributed by atoms with Crippen LogP contribution in [0.1, 0.15) is 18.6 Å². The lowest BCUT2D eigenvalue weighted by Gasteiger charge is -2.13. The first-order valence-electron chi connectivity index (χ1n) is 5.29. The van der Waals surface area contributed by atoms with Crippen molar-refractivity contribution in [1.29, 1.82) is 0 Å². The first-order valence-corrected chi connectivity index (χ1v) is 6.09. The quantitative estimate of drug-likeness (QED) is 0.657. The highest BCUT2D eigenvalue weighted by Gasteiger charge is 2.19. The Morgan fingerprint density at radius 2 is 2.29 bits per heavy atom. The molecule has 1 aliphatic heterocycles. The molecule has 2 amide bonds. The lowest BCUT2D eigenvalue weighted by molar-refractivity contribution is 0.249. The molecule has 0 bridgehead atoms. The average Bonchev–Trinajstić information content (AvgIpc) is 2.86. The third-order valence-corrected chi connectivity index (χ3v) is 3.02. The van der Waals surface area contributed by atoms with Gasteiger partial charge in [-0.1, -0.05) is 0 Å². The van der Waals surface area contributed by atoms with E-state index < -0.39 is 6.03 Å². The van der Waals surface area contributed by atoms with E-state index >= 15 is 0 Å². The molecule has 0 aromatic carbocycles. The van der Waals surface area contributed by atoms with E-state index in [0.717, 1.165) is 23.4 Å². The Morgan fingerprint density at radius 3 is 2.94 bits per heavy atom. The van der Waals surface area contributed by atoms with E-state index in [1.165, 1.54) is 19.1 Å². The predicted octanol–water partition coefficient (Wildman–Crippen LogP) is 1.64. The average molecular weight is 301 g/mol. The second kappa shape index (κ2) is 5.22. The molecule has 0 saturated carbocycles. The minimum Gasteiger partial charge on any atom is -0.438 e. The molecule has 0 aliphatic carbocycles. The highest BCUT2D eigenvalue weighted by atomic mass is 79.9. The van der Waals surface area contributed by atoms with E-state index in [9.17, 15) is 4.79 Å². The van der Waals surface area contributed by atoms with Crippen molar-refractivity contribution < 1.29 is 9.21 Å². The monoisotopic (exact) mass is 300 g/mol. The maximum Gasteiger partial charge on any atom is 0.332 e. The summed E-state index contributed by atoms with van der Waals surface area (Å²) in [5.41, 5.74) is 6.99. The summed E-state index contributed by atoms with van der Waals surface area (Å²) < 4.78 is 6.51. The molecule has 7 heteroatoms. The van der Waals surface area contributed by atoms with E-state index in [1.807, 2.05) is 0 Å². The molecule has 3 N–H and O–H groups in total. The first-order chi connectivity index (χ1) is 8.16. The van der Waals surface area contributed by atoms with Gasteiger partial charge in [0.05, 0.1) is 10.7 Å². The van der Waals surface area contributed by atoms with E-state index in [1.54, 1.807) is 6.07 Å². The van der Waals surface area contributed by atoms with Crippen LogP contribution in [0, 0.1) is 0 Å². The molecule has 1 aromatic heterocycles. The third kappa shape index (κ3) is 3.00. The Kier molecular flexibility index (Phi) is 3.68. The summed E-state index contributed by atoms with van der Waals surface area (Å²) in [6.07, 6.45) is 3.77. The van der Waals surface area contributed by atoms with Gasteiger partial charge in [-0.15, -0.1) is 0 Å². The third-order valence-electron chi connectivity index (χ3n) is 2.45. The van der Waals surface area contributed by atoms with E-state index in [2.05, 4.69) is 31.4 Å². The van der Waals surface area contributed by atoms with Gasteiger partial charge in [-0.05, 0) is 28.8 Å². The summed E-state index contributed by atoms with van der Waals surface area (Å²) in [5.74, 6) is 1.37. The standard InChI is InChI=1S/C10H13BrN4O2/c11-8-5-7(6-13-14-10(12)16)17-9(8)15-3-1-2-4-15/h5-6H,1-4H2,(H3,12,14,16). The van der Waals surface area contributed by atoms with E-state index in [0.29, 0.717) is 5.76 Å². The predicted molar refractivity (Wildman–Crippen MR) is 68.2 cm³/mol. The molecule has 1 saturated heterocycles. The second-order valence-corrected chi connectivity index (χ2v) is 4.58. The summed E-state index contributed by atoms with van der Waals surface area (Å²) in [5, 5.41) is 3.64. The van der Waals surface area contributed by atoms with Crippen LogP contribution in [-0.2, 0) is 0 Å². The number of carbonyl (C=O) groups is 1. The number of amides is 2. The fraction of sp³-hybridized carbons (Fsp3) is 0.400. The minimum atomic E-state index is -0.702. The number of nitrogens with one attached hydrogen (secondary N) is 1. The number of urea groups is 1. The van der Waals surface area contributed by atoms with Crippen molar-refractivity contribution in [1.82, 2.24) is 5.43 Å². The van der Waals surface area contributed by atoms with E-state index in [4.69, 9.17) is 10.2 Å². The maximum absolute atomic E-state index is 10.4. The van der Waals surface area contributed by atoms with Gasteiger partial charge in [0.15, 0.2) is 5.76 Å². The largest absolute Gasteiger partial charge is 0.438 e. The maximum atomic E-state index is 10.4. The van der Waals surface area contributed by atoms with Crippen LogP contribution in [0.3, 0.4) is 0 Å². The fourth-order valence-electron chi connectivity index (χ4n) is 1.74. The van der Waals surface area contributed by atoms with Crippen LogP contribution >= 0.6 is 15.9 Å². The zero-order chi connectivity index (χ0) is 12.3. The second-order valence-electron chi connectivity index (χ2n) is 3.73. The summed E-state index contributed by atoms with van der Waals surface area (Å²) in [7, 11) is 0. The van der Waals surface area contributed by atoms with Gasteiger partial charge in [0.25, 0.3) is 0 Å². The molecule has 2 heterocycles. The van der Waals surface area contributed by atoms with Gasteiger partial charge >= 0.3 is 6.03 Å². The molecule has 1 aromatic rings. The molecule has 2 rings (SSSR count). The topological polar surface area (TPSA) is 83.9 Å². The van der Waals surface area contributed by atoms with Crippen molar-refractivity contribution >= 4 is 34.1 Å². The Labute approximate surface area is 107 Å². The molecule has 1 aliphatic rings.